The summed E-state index contributed by atoms with van der Waals surface area (Å²) in [5.41, 5.74) is 7.00. The third kappa shape index (κ3) is 4.57. The smallest absolute Gasteiger partial charge is 0.481 e. The number of pyridine rings is 1. The Morgan fingerprint density at radius 1 is 1.36 bits per heavy atom. The highest BCUT2D eigenvalue weighted by Crippen LogP contribution is 2.39. The minimum atomic E-state index is -0.553. The molecule has 0 bridgehead atoms. The van der Waals surface area contributed by atoms with Crippen molar-refractivity contribution in [3.63, 3.8) is 0 Å². The van der Waals surface area contributed by atoms with Gasteiger partial charge in [0.05, 0.1) is 30.2 Å². The van der Waals surface area contributed by atoms with Crippen LogP contribution in [-0.4, -0.2) is 41.3 Å². The number of thioether (sulfide) groups is 1. The van der Waals surface area contributed by atoms with Gasteiger partial charge in [-0.05, 0) is 39.2 Å². The highest BCUT2D eigenvalue weighted by Gasteiger charge is 2.52. The summed E-state index contributed by atoms with van der Waals surface area (Å²) in [5, 5.41) is 0.0279. The molecule has 0 saturated carbocycles. The van der Waals surface area contributed by atoms with Gasteiger partial charge in [-0.25, -0.2) is 4.98 Å². The maximum absolute atomic E-state index is 11.4. The van der Waals surface area contributed by atoms with Crippen LogP contribution in [0.1, 0.15) is 40.2 Å². The Bertz CT molecular complexity index is 675. The van der Waals surface area contributed by atoms with Crippen molar-refractivity contribution in [1.29, 1.82) is 0 Å². The van der Waals surface area contributed by atoms with Gasteiger partial charge in [0.2, 0.25) is 5.88 Å². The summed E-state index contributed by atoms with van der Waals surface area (Å²) in [6, 6.07) is 1.77. The minimum Gasteiger partial charge on any atom is -0.481 e. The van der Waals surface area contributed by atoms with E-state index in [9.17, 15) is 4.79 Å². The van der Waals surface area contributed by atoms with Crippen molar-refractivity contribution in [2.45, 2.75) is 45.8 Å². The van der Waals surface area contributed by atoms with Crippen molar-refractivity contribution >= 4 is 35.8 Å². The topological polar surface area (TPSA) is 83.7 Å². The molecule has 0 aromatic carbocycles. The van der Waals surface area contributed by atoms with Gasteiger partial charge < -0.3 is 19.8 Å². The molecular weight excluding hydrogens is 339 g/mol. The summed E-state index contributed by atoms with van der Waals surface area (Å²) in [6.45, 7) is 9.50. The van der Waals surface area contributed by atoms with Crippen molar-refractivity contribution in [2.75, 3.05) is 18.6 Å². The number of rotatable bonds is 5. The highest BCUT2D eigenvalue weighted by atomic mass is 32.2. The monoisotopic (exact) mass is 364 g/mol. The van der Waals surface area contributed by atoms with E-state index in [1.807, 2.05) is 33.8 Å². The van der Waals surface area contributed by atoms with Crippen molar-refractivity contribution in [2.24, 2.45) is 0 Å². The van der Waals surface area contributed by atoms with Gasteiger partial charge in [0.15, 0.2) is 5.12 Å². The standard InChI is InChI=1S/C17H25BN2O4S/c1-11(21)25-10-13(18-23-16(2,3)17(4,5)24-18)7-12-8-14(19)9-20-15(12)22-6/h7-9H,10,19H2,1-6H3. The average Bonchev–Trinajstić information content (AvgIpc) is 2.71. The fourth-order valence-electron chi connectivity index (χ4n) is 2.32. The molecule has 0 aliphatic carbocycles. The Hall–Kier alpha value is -1.51. The van der Waals surface area contributed by atoms with Crippen LogP contribution in [0.2, 0.25) is 0 Å². The van der Waals surface area contributed by atoms with E-state index in [0.717, 1.165) is 11.0 Å². The SMILES string of the molecule is COc1ncc(N)cc1C=C(CSC(C)=O)B1OC(C)(C)C(C)(C)O1. The normalized spacial score (nSPS) is 19.1. The Morgan fingerprint density at radius 3 is 2.48 bits per heavy atom. The molecule has 0 amide bonds. The molecule has 2 N–H and O–H groups in total. The molecule has 1 fully saturated rings. The van der Waals surface area contributed by atoms with E-state index in [-0.39, 0.29) is 5.12 Å². The maximum Gasteiger partial charge on any atom is 0.491 e. The van der Waals surface area contributed by atoms with Gasteiger partial charge in [-0.3, -0.25) is 4.79 Å². The van der Waals surface area contributed by atoms with E-state index in [2.05, 4.69) is 4.98 Å². The number of methoxy groups -OCH3 is 1. The molecule has 1 aromatic heterocycles. The van der Waals surface area contributed by atoms with Gasteiger partial charge in [0.1, 0.15) is 0 Å². The molecule has 2 heterocycles. The lowest BCUT2D eigenvalue weighted by molar-refractivity contribution is -0.109. The fraction of sp³-hybridized carbons (Fsp3) is 0.529. The molecule has 1 aliphatic heterocycles. The van der Waals surface area contributed by atoms with Crippen LogP contribution in [0, 0.1) is 0 Å². The zero-order chi connectivity index (χ0) is 18.8. The minimum absolute atomic E-state index is 0.0279. The van der Waals surface area contributed by atoms with Crippen molar-refractivity contribution in [1.82, 2.24) is 4.98 Å². The lowest BCUT2D eigenvalue weighted by Gasteiger charge is -2.32. The molecule has 8 heteroatoms. The third-order valence-corrected chi connectivity index (χ3v) is 5.32. The van der Waals surface area contributed by atoms with Gasteiger partial charge in [-0.1, -0.05) is 17.8 Å². The number of hydrogen-bond donors (Lipinski definition) is 1. The first-order valence-corrected chi connectivity index (χ1v) is 9.03. The highest BCUT2D eigenvalue weighted by molar-refractivity contribution is 8.13. The summed E-state index contributed by atoms with van der Waals surface area (Å²) >= 11 is 1.20. The Balaban J connectivity index is 2.40. The first kappa shape index (κ1) is 19.8. The summed E-state index contributed by atoms with van der Waals surface area (Å²) in [5.74, 6) is 0.903. The lowest BCUT2D eigenvalue weighted by Crippen LogP contribution is -2.41. The molecule has 1 aliphatic rings. The van der Waals surface area contributed by atoms with Crippen LogP contribution in [0.25, 0.3) is 6.08 Å². The maximum atomic E-state index is 11.4. The molecular formula is C17H25BN2O4S. The van der Waals surface area contributed by atoms with E-state index in [1.165, 1.54) is 24.9 Å². The van der Waals surface area contributed by atoms with Gasteiger partial charge in [-0.2, -0.15) is 0 Å². The van der Waals surface area contributed by atoms with Crippen LogP contribution in [0.3, 0.4) is 0 Å². The Labute approximate surface area is 153 Å². The molecule has 1 aromatic rings. The second kappa shape index (κ2) is 7.39. The number of aromatic nitrogens is 1. The first-order valence-electron chi connectivity index (χ1n) is 8.05. The zero-order valence-corrected chi connectivity index (χ0v) is 16.4. The van der Waals surface area contributed by atoms with Crippen LogP contribution in [0.5, 0.6) is 5.88 Å². The zero-order valence-electron chi connectivity index (χ0n) is 15.6. The van der Waals surface area contributed by atoms with E-state index in [0.29, 0.717) is 17.3 Å². The number of nitrogens with two attached hydrogens (primary N) is 1. The van der Waals surface area contributed by atoms with Gasteiger partial charge in [-0.15, -0.1) is 0 Å². The number of anilines is 1. The molecule has 6 nitrogen and oxygen atoms in total. The van der Waals surface area contributed by atoms with Gasteiger partial charge >= 0.3 is 7.12 Å². The molecule has 2 rings (SSSR count). The van der Waals surface area contributed by atoms with E-state index >= 15 is 0 Å². The number of ether oxygens (including phenoxy) is 1. The van der Waals surface area contributed by atoms with Crippen LogP contribution in [0.4, 0.5) is 5.69 Å². The summed E-state index contributed by atoms with van der Waals surface area (Å²) in [7, 11) is 0.997. The second-order valence-electron chi connectivity index (χ2n) is 6.95. The van der Waals surface area contributed by atoms with E-state index in [1.54, 1.807) is 13.2 Å². The summed E-state index contributed by atoms with van der Waals surface area (Å²) < 4.78 is 17.6. The van der Waals surface area contributed by atoms with Gasteiger partial charge in [0, 0.05) is 18.2 Å². The summed E-state index contributed by atoms with van der Waals surface area (Å²) in [4.78, 5) is 15.6. The quantitative estimate of drug-likeness (QED) is 0.804. The largest absolute Gasteiger partial charge is 0.491 e. The number of nitrogens with zero attached hydrogens (tertiary/aromatic N) is 1. The van der Waals surface area contributed by atoms with Crippen molar-refractivity contribution in [3.8, 4) is 5.88 Å². The average molecular weight is 364 g/mol. The molecule has 0 spiro atoms. The molecule has 0 radical (unpaired) electrons. The van der Waals surface area contributed by atoms with Crippen molar-refractivity contribution < 1.29 is 18.8 Å². The van der Waals surface area contributed by atoms with Gasteiger partial charge in [0.25, 0.3) is 0 Å². The van der Waals surface area contributed by atoms with E-state index in [4.69, 9.17) is 19.8 Å². The number of hydrogen-bond acceptors (Lipinski definition) is 7. The molecule has 1 saturated heterocycles. The predicted molar refractivity (Wildman–Crippen MR) is 102 cm³/mol. The van der Waals surface area contributed by atoms with Crippen LogP contribution in [0.15, 0.2) is 17.7 Å². The Morgan fingerprint density at radius 2 is 1.96 bits per heavy atom. The number of carbonyl (C=O) groups excluding carboxylic acids is 1. The fourth-order valence-corrected chi connectivity index (χ4v) is 2.91. The van der Waals surface area contributed by atoms with Crippen LogP contribution >= 0.6 is 11.8 Å². The molecule has 0 unspecified atom stereocenters. The number of carbonyl (C=O) groups is 1. The second-order valence-corrected chi connectivity index (χ2v) is 8.11. The lowest BCUT2D eigenvalue weighted by atomic mass is 9.78. The van der Waals surface area contributed by atoms with Crippen molar-refractivity contribution in [3.05, 3.63) is 23.3 Å². The van der Waals surface area contributed by atoms with Crippen LogP contribution in [-0.2, 0) is 14.1 Å². The predicted octanol–water partition coefficient (Wildman–Crippen LogP) is 2.97. The first-order chi connectivity index (χ1) is 11.6. The molecule has 136 valence electrons. The molecule has 25 heavy (non-hydrogen) atoms. The summed E-state index contributed by atoms with van der Waals surface area (Å²) in [6.07, 6.45) is 3.41. The number of nitrogen functional groups attached to an aromatic ring is 1. The Kier molecular flexibility index (Phi) is 5.86. The van der Waals surface area contributed by atoms with E-state index < -0.39 is 18.3 Å². The third-order valence-electron chi connectivity index (χ3n) is 4.43. The molecule has 0 atom stereocenters. The van der Waals surface area contributed by atoms with Crippen LogP contribution < -0.4 is 10.5 Å².